The van der Waals surface area contributed by atoms with Gasteiger partial charge < -0.3 is 44.6 Å². The van der Waals surface area contributed by atoms with Crippen LogP contribution < -0.4 is 5.48 Å². The smallest absolute Gasteiger partial charge is 0.311 e. The fourth-order valence-electron chi connectivity index (χ4n) is 9.28. The van der Waals surface area contributed by atoms with E-state index in [-0.39, 0.29) is 31.3 Å². The van der Waals surface area contributed by atoms with Gasteiger partial charge in [0, 0.05) is 49.6 Å². The number of aromatic nitrogens is 3. The van der Waals surface area contributed by atoms with Crippen molar-refractivity contribution >= 4 is 11.9 Å². The highest BCUT2D eigenvalue weighted by Crippen LogP contribution is 2.37. The minimum Gasteiger partial charge on any atom is -0.459 e. The van der Waals surface area contributed by atoms with Gasteiger partial charge in [-0.1, -0.05) is 56.7 Å². The molecule has 2 aliphatic heterocycles. The quantitative estimate of drug-likeness (QED) is 0.0665. The Balaban J connectivity index is 1.55. The number of esters is 1. The number of amides is 1. The molecule has 3 heterocycles. The number of aliphatic hydroxyl groups is 5. The third-order valence-electron chi connectivity index (χ3n) is 13.0. The first-order valence-corrected chi connectivity index (χ1v) is 21.9. The van der Waals surface area contributed by atoms with Crippen molar-refractivity contribution < 1.29 is 54.5 Å². The number of unbranched alkanes of at least 4 members (excludes halogenated alkanes) is 2. The van der Waals surface area contributed by atoms with E-state index in [2.05, 4.69) is 10.3 Å². The first-order chi connectivity index (χ1) is 28.6. The number of likely N-dealkylation sites (N-methyl/N-ethyl adjacent to an activating group) is 2. The van der Waals surface area contributed by atoms with Crippen molar-refractivity contribution in [2.75, 3.05) is 20.6 Å². The van der Waals surface area contributed by atoms with E-state index in [4.69, 9.17) is 19.4 Å². The molecule has 1 amide bonds. The Bertz CT molecular complexity index is 1690. The fourth-order valence-corrected chi connectivity index (χ4v) is 9.28. The molecular weight excluding hydrogens is 789 g/mol. The van der Waals surface area contributed by atoms with Crippen LogP contribution in [0.1, 0.15) is 106 Å². The van der Waals surface area contributed by atoms with Gasteiger partial charge in [-0.15, -0.1) is 5.10 Å². The Hall–Kier alpha value is -3.10. The molecule has 0 bridgehead atoms. The number of hydrogen-bond acceptors (Lipinski definition) is 15. The number of aryl methyl sites for hydroxylation is 1. The van der Waals surface area contributed by atoms with Crippen molar-refractivity contribution in [2.45, 2.75) is 180 Å². The van der Waals surface area contributed by atoms with Crippen LogP contribution in [0, 0.1) is 17.8 Å². The largest absolute Gasteiger partial charge is 0.459 e. The third kappa shape index (κ3) is 12.8. The minimum atomic E-state index is -1.79. The summed E-state index contributed by atoms with van der Waals surface area (Å²) in [5.74, 6) is -3.31. The summed E-state index contributed by atoms with van der Waals surface area (Å²) in [6.07, 6.45) is -2.30. The molecule has 0 spiro atoms. The second-order valence-electron chi connectivity index (χ2n) is 18.4. The molecule has 17 heteroatoms. The average Bonchev–Trinajstić information content (AvgIpc) is 3.69. The van der Waals surface area contributed by atoms with Gasteiger partial charge in [0.2, 0.25) is 5.91 Å². The molecule has 2 aliphatic rings. The summed E-state index contributed by atoms with van der Waals surface area (Å²) in [5.41, 5.74) is 0.815. The number of hydroxylamine groups is 1. The standard InChI is InChI=1S/C44H74N6O11/c1-11-35-44(8,57)39(54)30(6)48(9)23-26(2)22-43(7,56)40(28(4)37(52)29(5)41(55)60-35)61-42-38(53)34(21-27(3)59-42)49(10)24-31-17-14-15-18-32(31)33-25-50(47-45-33)20-16-12-13-19-36(51)46-58/h14-15,17-18,25-30,34-35,37-40,42,52-54,56-58H,11-13,16,19-24H2,1-10H3,(H,46,51)/t26-,27-,28+,29-,30-,34+,35-,37+,38+,39-,40-,42+,43-,44-/m1/s1. The van der Waals surface area contributed by atoms with Crippen LogP contribution in [0.15, 0.2) is 30.5 Å². The summed E-state index contributed by atoms with van der Waals surface area (Å²) in [6.45, 7) is 15.2. The Morgan fingerprint density at radius 2 is 1.74 bits per heavy atom. The van der Waals surface area contributed by atoms with Crippen molar-refractivity contribution in [2.24, 2.45) is 17.8 Å². The van der Waals surface area contributed by atoms with Crippen LogP contribution in [0.2, 0.25) is 0 Å². The first-order valence-electron chi connectivity index (χ1n) is 21.9. The monoisotopic (exact) mass is 863 g/mol. The van der Waals surface area contributed by atoms with Crippen molar-refractivity contribution in [1.29, 1.82) is 0 Å². The molecule has 2 saturated heterocycles. The third-order valence-corrected chi connectivity index (χ3v) is 13.0. The van der Waals surface area contributed by atoms with Gasteiger partial charge in [0.1, 0.15) is 29.6 Å². The number of carbonyl (C=O) groups is 2. The lowest BCUT2D eigenvalue weighted by molar-refractivity contribution is -0.300. The lowest BCUT2D eigenvalue weighted by Gasteiger charge is -2.47. The van der Waals surface area contributed by atoms with E-state index in [1.54, 1.807) is 37.9 Å². The Morgan fingerprint density at radius 3 is 2.41 bits per heavy atom. The van der Waals surface area contributed by atoms with Gasteiger partial charge in [-0.3, -0.25) is 24.4 Å². The van der Waals surface area contributed by atoms with Crippen molar-refractivity contribution in [3.05, 3.63) is 36.0 Å². The number of nitrogens with one attached hydrogen (secondary N) is 1. The molecule has 17 nitrogen and oxygen atoms in total. The van der Waals surface area contributed by atoms with E-state index >= 15 is 0 Å². The molecule has 61 heavy (non-hydrogen) atoms. The van der Waals surface area contributed by atoms with E-state index < -0.39 is 83.8 Å². The highest BCUT2D eigenvalue weighted by atomic mass is 16.7. The molecule has 7 N–H and O–H groups in total. The lowest BCUT2D eigenvalue weighted by Crippen LogP contribution is -2.59. The normalized spacial score (nSPS) is 36.2. The summed E-state index contributed by atoms with van der Waals surface area (Å²) in [5, 5.41) is 76.5. The molecule has 0 radical (unpaired) electrons. The summed E-state index contributed by atoms with van der Waals surface area (Å²) in [7, 11) is 3.74. The second kappa shape index (κ2) is 22.0. The zero-order valence-electron chi connectivity index (χ0n) is 37.8. The van der Waals surface area contributed by atoms with Gasteiger partial charge in [-0.25, -0.2) is 5.48 Å². The molecule has 1 aromatic carbocycles. The van der Waals surface area contributed by atoms with E-state index in [0.717, 1.165) is 24.0 Å². The molecule has 0 aliphatic carbocycles. The van der Waals surface area contributed by atoms with Gasteiger partial charge in [0.15, 0.2) is 6.29 Å². The molecule has 346 valence electrons. The van der Waals surface area contributed by atoms with E-state index in [0.29, 0.717) is 38.2 Å². The van der Waals surface area contributed by atoms with Crippen molar-refractivity contribution in [1.82, 2.24) is 30.3 Å². The highest BCUT2D eigenvalue weighted by molar-refractivity contribution is 5.74. The number of aliphatic hydroxyl groups excluding tert-OH is 3. The molecule has 14 atom stereocenters. The SMILES string of the molecule is CC[C@H]1OC(=O)[C@H](C)[C@@H](O)[C@H](C)[C@@H](O[C@@H]2O[C@H](C)C[C@H](N(C)Cc3ccccc3-c3cn(CCCCCC(=O)NO)nn3)[C@@H]2O)[C@](C)(O)C[C@@H](C)CN(C)[C@H](C)[C@@H](O)[C@]1(C)O. The predicted octanol–water partition coefficient (Wildman–Crippen LogP) is 2.87. The molecule has 2 aromatic rings. The van der Waals surface area contributed by atoms with Crippen LogP contribution in [0.3, 0.4) is 0 Å². The number of hydrogen-bond donors (Lipinski definition) is 7. The van der Waals surface area contributed by atoms with Crippen molar-refractivity contribution in [3.63, 3.8) is 0 Å². The van der Waals surface area contributed by atoms with Crippen LogP contribution in [-0.4, -0.2) is 154 Å². The van der Waals surface area contributed by atoms with Gasteiger partial charge in [0.25, 0.3) is 0 Å². The van der Waals surface area contributed by atoms with Crippen molar-refractivity contribution in [3.8, 4) is 11.3 Å². The number of ether oxygens (including phenoxy) is 3. The second-order valence-corrected chi connectivity index (χ2v) is 18.4. The topological polar surface area (TPSA) is 232 Å². The Labute approximate surface area is 361 Å². The van der Waals surface area contributed by atoms with E-state index in [9.17, 15) is 35.1 Å². The summed E-state index contributed by atoms with van der Waals surface area (Å²) in [6, 6.07) is 6.88. The molecule has 2 fully saturated rings. The molecule has 0 saturated carbocycles. The summed E-state index contributed by atoms with van der Waals surface area (Å²) in [4.78, 5) is 28.9. The van der Waals surface area contributed by atoms with Crippen LogP contribution in [0.4, 0.5) is 0 Å². The van der Waals surface area contributed by atoms with Gasteiger partial charge in [0.05, 0.1) is 36.0 Å². The zero-order chi connectivity index (χ0) is 45.4. The highest BCUT2D eigenvalue weighted by Gasteiger charge is 2.50. The Kier molecular flexibility index (Phi) is 18.2. The minimum absolute atomic E-state index is 0.166. The molecule has 0 unspecified atom stereocenters. The van der Waals surface area contributed by atoms with Crippen LogP contribution in [0.5, 0.6) is 0 Å². The van der Waals surface area contributed by atoms with Gasteiger partial charge in [-0.05, 0) is 92.3 Å². The number of benzene rings is 1. The molecule has 4 rings (SSSR count). The first kappa shape index (κ1) is 50.5. The number of cyclic esters (lactones) is 1. The van der Waals surface area contributed by atoms with E-state index in [1.807, 2.05) is 68.2 Å². The lowest BCUT2D eigenvalue weighted by atomic mass is 9.78. The number of nitrogens with zero attached hydrogens (tertiary/aromatic N) is 5. The zero-order valence-corrected chi connectivity index (χ0v) is 37.8. The van der Waals surface area contributed by atoms with Crippen LogP contribution >= 0.6 is 0 Å². The fraction of sp³-hybridized carbons (Fsp3) is 0.773. The summed E-state index contributed by atoms with van der Waals surface area (Å²) >= 11 is 0. The van der Waals surface area contributed by atoms with Crippen LogP contribution in [0.25, 0.3) is 11.3 Å². The number of carbonyl (C=O) groups excluding carboxylic acids is 2. The molecule has 1 aromatic heterocycles. The van der Waals surface area contributed by atoms with Gasteiger partial charge >= 0.3 is 5.97 Å². The maximum absolute atomic E-state index is 13.6. The average molecular weight is 863 g/mol. The number of rotatable bonds is 13. The van der Waals surface area contributed by atoms with E-state index in [1.165, 1.54) is 13.8 Å². The maximum Gasteiger partial charge on any atom is 0.311 e. The van der Waals surface area contributed by atoms with Crippen LogP contribution in [-0.2, 0) is 36.9 Å². The predicted molar refractivity (Wildman–Crippen MR) is 227 cm³/mol. The van der Waals surface area contributed by atoms with Gasteiger partial charge in [-0.2, -0.15) is 0 Å². The summed E-state index contributed by atoms with van der Waals surface area (Å²) < 4.78 is 20.5. The molecular formula is C44H74N6O11. The Morgan fingerprint density at radius 1 is 1.05 bits per heavy atom. The maximum atomic E-state index is 13.6.